The van der Waals surface area contributed by atoms with E-state index in [1.807, 2.05) is 30.3 Å². The SMILES string of the molecule is O=C(C1CC1c1ccc(F)cc1)N1CCCCC1c1nc2ccccc2s1. The number of rotatable bonds is 3. The third-order valence-corrected chi connectivity index (χ3v) is 6.92. The van der Waals surface area contributed by atoms with Crippen LogP contribution >= 0.6 is 11.3 Å². The van der Waals surface area contributed by atoms with Crippen molar-refractivity contribution in [3.8, 4) is 0 Å². The smallest absolute Gasteiger partial charge is 0.226 e. The quantitative estimate of drug-likeness (QED) is 0.618. The Labute approximate surface area is 161 Å². The highest BCUT2D eigenvalue weighted by Gasteiger charge is 2.47. The Morgan fingerprint density at radius 1 is 1.11 bits per heavy atom. The minimum Gasteiger partial charge on any atom is -0.333 e. The van der Waals surface area contributed by atoms with Crippen molar-refractivity contribution in [2.75, 3.05) is 6.54 Å². The van der Waals surface area contributed by atoms with E-state index in [1.165, 1.54) is 16.8 Å². The van der Waals surface area contributed by atoms with E-state index in [2.05, 4.69) is 11.0 Å². The van der Waals surface area contributed by atoms with Crippen molar-refractivity contribution in [2.24, 2.45) is 5.92 Å². The number of aromatic nitrogens is 1. The van der Waals surface area contributed by atoms with E-state index in [0.717, 1.165) is 48.3 Å². The predicted octanol–water partition coefficient (Wildman–Crippen LogP) is 5.29. The van der Waals surface area contributed by atoms with Crippen LogP contribution in [0.3, 0.4) is 0 Å². The number of nitrogens with zero attached hydrogens (tertiary/aromatic N) is 2. The molecule has 3 atom stereocenters. The van der Waals surface area contributed by atoms with Crippen LogP contribution in [0.4, 0.5) is 4.39 Å². The van der Waals surface area contributed by atoms with Crippen LogP contribution in [0.5, 0.6) is 0 Å². The standard InChI is InChI=1S/C22H21FN2OS/c23-15-10-8-14(9-11-15)16-13-17(16)22(26)25-12-4-3-6-19(25)21-24-18-5-1-2-7-20(18)27-21/h1-2,5,7-11,16-17,19H,3-4,6,12-13H2. The number of carbonyl (C=O) groups is 1. The fraction of sp³-hybridized carbons (Fsp3) is 0.364. The fourth-order valence-electron chi connectivity index (χ4n) is 4.24. The van der Waals surface area contributed by atoms with E-state index in [0.29, 0.717) is 0 Å². The van der Waals surface area contributed by atoms with Crippen LogP contribution in [0.25, 0.3) is 10.2 Å². The molecule has 1 aromatic heterocycles. The molecule has 3 nitrogen and oxygen atoms in total. The molecule has 1 saturated carbocycles. The van der Waals surface area contributed by atoms with Crippen LogP contribution < -0.4 is 0 Å². The molecule has 5 rings (SSSR count). The molecular formula is C22H21FN2OS. The van der Waals surface area contributed by atoms with Gasteiger partial charge in [-0.2, -0.15) is 0 Å². The summed E-state index contributed by atoms with van der Waals surface area (Å²) in [6, 6.07) is 14.9. The second-order valence-electron chi connectivity index (χ2n) is 7.56. The van der Waals surface area contributed by atoms with Gasteiger partial charge in [-0.3, -0.25) is 4.79 Å². The molecule has 0 N–H and O–H groups in total. The van der Waals surface area contributed by atoms with Gasteiger partial charge in [-0.15, -0.1) is 11.3 Å². The lowest BCUT2D eigenvalue weighted by Crippen LogP contribution is -2.39. The van der Waals surface area contributed by atoms with E-state index in [9.17, 15) is 9.18 Å². The first kappa shape index (κ1) is 16.9. The monoisotopic (exact) mass is 380 g/mol. The number of piperidine rings is 1. The van der Waals surface area contributed by atoms with Gasteiger partial charge in [0.25, 0.3) is 0 Å². The lowest BCUT2D eigenvalue weighted by Gasteiger charge is -2.35. The van der Waals surface area contributed by atoms with Gasteiger partial charge in [0, 0.05) is 12.5 Å². The minimum atomic E-state index is -0.228. The van der Waals surface area contributed by atoms with Gasteiger partial charge in [0.1, 0.15) is 10.8 Å². The minimum absolute atomic E-state index is 0.0328. The molecule has 2 fully saturated rings. The van der Waals surface area contributed by atoms with E-state index in [-0.39, 0.29) is 29.6 Å². The number of amides is 1. The highest BCUT2D eigenvalue weighted by atomic mass is 32.1. The topological polar surface area (TPSA) is 33.2 Å². The van der Waals surface area contributed by atoms with Gasteiger partial charge in [0.05, 0.1) is 16.3 Å². The van der Waals surface area contributed by atoms with Crippen molar-refractivity contribution in [2.45, 2.75) is 37.6 Å². The Morgan fingerprint density at radius 2 is 1.93 bits per heavy atom. The maximum absolute atomic E-state index is 13.2. The van der Waals surface area contributed by atoms with Gasteiger partial charge in [-0.05, 0) is 61.4 Å². The molecule has 2 aromatic carbocycles. The molecule has 3 unspecified atom stereocenters. The van der Waals surface area contributed by atoms with Gasteiger partial charge in [0.15, 0.2) is 0 Å². The molecule has 0 spiro atoms. The van der Waals surface area contributed by atoms with Crippen molar-refractivity contribution in [1.29, 1.82) is 0 Å². The van der Waals surface area contributed by atoms with E-state index >= 15 is 0 Å². The molecule has 3 aromatic rings. The van der Waals surface area contributed by atoms with Crippen molar-refractivity contribution < 1.29 is 9.18 Å². The molecule has 5 heteroatoms. The summed E-state index contributed by atoms with van der Waals surface area (Å²) in [7, 11) is 0. The molecule has 1 saturated heterocycles. The average Bonchev–Trinajstić information content (AvgIpc) is 3.38. The summed E-state index contributed by atoms with van der Waals surface area (Å²) in [5, 5.41) is 1.06. The zero-order valence-electron chi connectivity index (χ0n) is 15.0. The van der Waals surface area contributed by atoms with Crippen molar-refractivity contribution in [3.05, 3.63) is 64.9 Å². The second kappa shape index (κ2) is 6.71. The van der Waals surface area contributed by atoms with Crippen LogP contribution in [-0.2, 0) is 4.79 Å². The van der Waals surface area contributed by atoms with Gasteiger partial charge >= 0.3 is 0 Å². The molecule has 0 radical (unpaired) electrons. The summed E-state index contributed by atoms with van der Waals surface area (Å²) in [6.07, 6.45) is 4.05. The molecule has 1 aliphatic carbocycles. The van der Waals surface area contributed by atoms with Crippen LogP contribution in [-0.4, -0.2) is 22.3 Å². The summed E-state index contributed by atoms with van der Waals surface area (Å²) in [6.45, 7) is 0.812. The number of carbonyl (C=O) groups excluding carboxylic acids is 1. The Morgan fingerprint density at radius 3 is 2.74 bits per heavy atom. The van der Waals surface area contributed by atoms with E-state index in [4.69, 9.17) is 4.98 Å². The normalized spacial score (nSPS) is 24.9. The number of hydrogen-bond donors (Lipinski definition) is 0. The third kappa shape index (κ3) is 3.14. The first-order chi connectivity index (χ1) is 13.2. The highest BCUT2D eigenvalue weighted by molar-refractivity contribution is 7.18. The first-order valence-electron chi connectivity index (χ1n) is 9.62. The lowest BCUT2D eigenvalue weighted by molar-refractivity contribution is -0.136. The molecule has 1 amide bonds. The van der Waals surface area contributed by atoms with Crippen molar-refractivity contribution in [3.63, 3.8) is 0 Å². The largest absolute Gasteiger partial charge is 0.333 e. The number of benzene rings is 2. The summed E-state index contributed by atoms with van der Waals surface area (Å²) in [5.41, 5.74) is 2.09. The number of hydrogen-bond acceptors (Lipinski definition) is 3. The number of para-hydroxylation sites is 1. The van der Waals surface area contributed by atoms with Crippen LogP contribution in [0.15, 0.2) is 48.5 Å². The number of thiazole rings is 1. The first-order valence-corrected chi connectivity index (χ1v) is 10.4. The Balaban J connectivity index is 1.37. The Hall–Kier alpha value is -2.27. The molecular weight excluding hydrogens is 359 g/mol. The fourth-order valence-corrected chi connectivity index (χ4v) is 5.36. The van der Waals surface area contributed by atoms with Crippen LogP contribution in [0.1, 0.15) is 48.2 Å². The number of likely N-dealkylation sites (tertiary alicyclic amines) is 1. The zero-order valence-corrected chi connectivity index (χ0v) is 15.8. The summed E-state index contributed by atoms with van der Waals surface area (Å²) < 4.78 is 14.3. The van der Waals surface area contributed by atoms with E-state index in [1.54, 1.807) is 11.3 Å². The van der Waals surface area contributed by atoms with Gasteiger partial charge < -0.3 is 4.90 Å². The molecule has 2 aliphatic rings. The number of fused-ring (bicyclic) bond motifs is 1. The summed E-state index contributed by atoms with van der Waals surface area (Å²) in [5.74, 6) is 0.281. The van der Waals surface area contributed by atoms with E-state index < -0.39 is 0 Å². The summed E-state index contributed by atoms with van der Waals surface area (Å²) >= 11 is 1.71. The lowest BCUT2D eigenvalue weighted by atomic mass is 10.0. The molecule has 2 heterocycles. The molecule has 27 heavy (non-hydrogen) atoms. The summed E-state index contributed by atoms with van der Waals surface area (Å²) in [4.78, 5) is 20.1. The van der Waals surface area contributed by atoms with Crippen LogP contribution in [0, 0.1) is 11.7 Å². The Bertz CT molecular complexity index is 950. The van der Waals surface area contributed by atoms with Crippen molar-refractivity contribution >= 4 is 27.5 Å². The maximum Gasteiger partial charge on any atom is 0.226 e. The van der Waals surface area contributed by atoms with Crippen LogP contribution in [0.2, 0.25) is 0 Å². The van der Waals surface area contributed by atoms with Gasteiger partial charge in [-0.1, -0.05) is 24.3 Å². The third-order valence-electron chi connectivity index (χ3n) is 5.79. The second-order valence-corrected chi connectivity index (χ2v) is 8.63. The zero-order chi connectivity index (χ0) is 18.4. The van der Waals surface area contributed by atoms with Crippen molar-refractivity contribution in [1.82, 2.24) is 9.88 Å². The maximum atomic E-state index is 13.2. The Kier molecular flexibility index (Phi) is 4.20. The highest BCUT2D eigenvalue weighted by Crippen LogP contribution is 2.50. The molecule has 0 bridgehead atoms. The predicted molar refractivity (Wildman–Crippen MR) is 105 cm³/mol. The van der Waals surface area contributed by atoms with Gasteiger partial charge in [-0.25, -0.2) is 9.37 Å². The van der Waals surface area contributed by atoms with Gasteiger partial charge in [0.2, 0.25) is 5.91 Å². The number of halogens is 1. The average molecular weight is 380 g/mol. The molecule has 1 aliphatic heterocycles. The molecule has 138 valence electrons.